The van der Waals surface area contributed by atoms with Gasteiger partial charge in [0, 0.05) is 0 Å². The van der Waals surface area contributed by atoms with Gasteiger partial charge in [-0.2, -0.15) is 0 Å². The van der Waals surface area contributed by atoms with Gasteiger partial charge in [-0.25, -0.2) is 0 Å². The molecule has 0 N–H and O–H groups in total. The topological polar surface area (TPSA) is 18.5 Å². The maximum atomic E-state index is 6.19. The highest BCUT2D eigenvalue weighted by molar-refractivity contribution is 6.33. The Morgan fingerprint density at radius 3 is 2.86 bits per heavy atom. The molecule has 0 amide bonds. The third kappa shape index (κ3) is 1.67. The SMILES string of the molecule is CC(C)Cc1ccc2c(c1Cl)OCO2. The van der Waals surface area contributed by atoms with E-state index in [1.807, 2.05) is 12.1 Å². The van der Waals surface area contributed by atoms with Crippen LogP contribution in [0, 0.1) is 5.92 Å². The van der Waals surface area contributed by atoms with E-state index in [1.165, 1.54) is 0 Å². The van der Waals surface area contributed by atoms with Crippen LogP contribution in [-0.2, 0) is 6.42 Å². The molecule has 76 valence electrons. The molecular weight excluding hydrogens is 200 g/mol. The number of halogens is 1. The second-order valence-corrected chi connectivity index (χ2v) is 4.25. The van der Waals surface area contributed by atoms with Crippen LogP contribution < -0.4 is 9.47 Å². The second-order valence-electron chi connectivity index (χ2n) is 3.87. The van der Waals surface area contributed by atoms with Crippen LogP contribution in [0.1, 0.15) is 19.4 Å². The van der Waals surface area contributed by atoms with Crippen molar-refractivity contribution in [2.24, 2.45) is 5.92 Å². The monoisotopic (exact) mass is 212 g/mol. The Hall–Kier alpha value is -0.890. The van der Waals surface area contributed by atoms with Gasteiger partial charge in [0.1, 0.15) is 0 Å². The molecule has 0 spiro atoms. The normalized spacial score (nSPS) is 13.7. The highest BCUT2D eigenvalue weighted by atomic mass is 35.5. The molecular formula is C11H13ClO2. The van der Waals surface area contributed by atoms with Crippen molar-refractivity contribution in [2.75, 3.05) is 6.79 Å². The minimum absolute atomic E-state index is 0.278. The molecule has 1 aromatic rings. The van der Waals surface area contributed by atoms with Crippen LogP contribution in [0.3, 0.4) is 0 Å². The summed E-state index contributed by atoms with van der Waals surface area (Å²) in [5.41, 5.74) is 1.13. The van der Waals surface area contributed by atoms with Crippen LogP contribution in [-0.4, -0.2) is 6.79 Å². The smallest absolute Gasteiger partial charge is 0.231 e. The number of fused-ring (bicyclic) bond motifs is 1. The van der Waals surface area contributed by atoms with Crippen LogP contribution in [0.2, 0.25) is 5.02 Å². The van der Waals surface area contributed by atoms with E-state index in [1.54, 1.807) is 0 Å². The molecule has 1 aliphatic rings. The Morgan fingerprint density at radius 1 is 1.36 bits per heavy atom. The van der Waals surface area contributed by atoms with Gasteiger partial charge in [-0.15, -0.1) is 0 Å². The van der Waals surface area contributed by atoms with E-state index in [-0.39, 0.29) is 6.79 Å². The number of benzene rings is 1. The molecule has 0 bridgehead atoms. The lowest BCUT2D eigenvalue weighted by molar-refractivity contribution is 0.174. The van der Waals surface area contributed by atoms with Gasteiger partial charge in [-0.05, 0) is 24.0 Å². The molecule has 1 aliphatic heterocycles. The summed E-state index contributed by atoms with van der Waals surface area (Å²) in [6.45, 7) is 4.61. The molecule has 0 saturated carbocycles. The zero-order valence-electron chi connectivity index (χ0n) is 8.34. The first-order valence-electron chi connectivity index (χ1n) is 4.75. The second kappa shape index (κ2) is 3.70. The average molecular weight is 213 g/mol. The van der Waals surface area contributed by atoms with Crippen molar-refractivity contribution in [3.8, 4) is 11.5 Å². The molecule has 0 atom stereocenters. The van der Waals surface area contributed by atoms with E-state index < -0.39 is 0 Å². The number of ether oxygens (including phenoxy) is 2. The molecule has 3 heteroatoms. The van der Waals surface area contributed by atoms with Crippen LogP contribution in [0.15, 0.2) is 12.1 Å². The zero-order valence-corrected chi connectivity index (χ0v) is 9.10. The number of rotatable bonds is 2. The van der Waals surface area contributed by atoms with Crippen LogP contribution >= 0.6 is 11.6 Å². The summed E-state index contributed by atoms with van der Waals surface area (Å²) < 4.78 is 10.5. The fourth-order valence-corrected chi connectivity index (χ4v) is 1.86. The first-order valence-corrected chi connectivity index (χ1v) is 5.13. The van der Waals surface area contributed by atoms with E-state index in [0.29, 0.717) is 16.7 Å². The van der Waals surface area contributed by atoms with Crippen molar-refractivity contribution >= 4 is 11.6 Å². The van der Waals surface area contributed by atoms with Crippen molar-refractivity contribution < 1.29 is 9.47 Å². The molecule has 0 aromatic heterocycles. The molecule has 1 aromatic carbocycles. The lowest BCUT2D eigenvalue weighted by atomic mass is 10.0. The predicted octanol–water partition coefficient (Wildman–Crippen LogP) is 3.27. The van der Waals surface area contributed by atoms with Gasteiger partial charge in [-0.3, -0.25) is 0 Å². The van der Waals surface area contributed by atoms with Gasteiger partial charge >= 0.3 is 0 Å². The fourth-order valence-electron chi connectivity index (χ4n) is 1.58. The molecule has 0 radical (unpaired) electrons. The third-order valence-corrected chi connectivity index (χ3v) is 2.60. The first kappa shape index (κ1) is 9.66. The standard InChI is InChI=1S/C11H13ClO2/c1-7(2)5-8-3-4-9-11(10(8)12)14-6-13-9/h3-4,7H,5-6H2,1-2H3. The van der Waals surface area contributed by atoms with E-state index >= 15 is 0 Å². The van der Waals surface area contributed by atoms with Crippen LogP contribution in [0.4, 0.5) is 0 Å². The Bertz CT molecular complexity index is 347. The molecule has 0 aliphatic carbocycles. The van der Waals surface area contributed by atoms with Gasteiger partial charge in [-0.1, -0.05) is 31.5 Å². The molecule has 0 saturated heterocycles. The lowest BCUT2D eigenvalue weighted by Gasteiger charge is -2.08. The lowest BCUT2D eigenvalue weighted by Crippen LogP contribution is -1.95. The minimum atomic E-state index is 0.278. The van der Waals surface area contributed by atoms with Crippen molar-refractivity contribution in [3.05, 3.63) is 22.7 Å². The van der Waals surface area contributed by atoms with E-state index in [4.69, 9.17) is 21.1 Å². The predicted molar refractivity (Wildman–Crippen MR) is 56.1 cm³/mol. The summed E-state index contributed by atoms with van der Waals surface area (Å²) in [4.78, 5) is 0. The van der Waals surface area contributed by atoms with Crippen molar-refractivity contribution in [2.45, 2.75) is 20.3 Å². The Labute approximate surface area is 88.8 Å². The minimum Gasteiger partial charge on any atom is -0.454 e. The summed E-state index contributed by atoms with van der Waals surface area (Å²) in [5.74, 6) is 2.04. The molecule has 2 rings (SSSR count). The van der Waals surface area contributed by atoms with E-state index in [9.17, 15) is 0 Å². The van der Waals surface area contributed by atoms with Crippen LogP contribution in [0.5, 0.6) is 11.5 Å². The summed E-state index contributed by atoms with van der Waals surface area (Å²) in [7, 11) is 0. The number of hydrogen-bond acceptors (Lipinski definition) is 2. The fraction of sp³-hybridized carbons (Fsp3) is 0.455. The van der Waals surface area contributed by atoms with Crippen LogP contribution in [0.25, 0.3) is 0 Å². The summed E-state index contributed by atoms with van der Waals surface area (Å²) in [6, 6.07) is 3.93. The summed E-state index contributed by atoms with van der Waals surface area (Å²) in [5, 5.41) is 0.703. The Kier molecular flexibility index (Phi) is 2.55. The van der Waals surface area contributed by atoms with Crippen molar-refractivity contribution in [1.82, 2.24) is 0 Å². The molecule has 14 heavy (non-hydrogen) atoms. The molecule has 1 heterocycles. The van der Waals surface area contributed by atoms with Crippen molar-refractivity contribution in [1.29, 1.82) is 0 Å². The molecule has 0 fully saturated rings. The van der Waals surface area contributed by atoms with Gasteiger partial charge in [0.05, 0.1) is 5.02 Å². The Balaban J connectivity index is 2.35. The molecule has 2 nitrogen and oxygen atoms in total. The highest BCUT2D eigenvalue weighted by Crippen LogP contribution is 2.41. The van der Waals surface area contributed by atoms with Crippen molar-refractivity contribution in [3.63, 3.8) is 0 Å². The quantitative estimate of drug-likeness (QED) is 0.749. The zero-order chi connectivity index (χ0) is 10.1. The highest BCUT2D eigenvalue weighted by Gasteiger charge is 2.19. The van der Waals surface area contributed by atoms with Gasteiger partial charge in [0.2, 0.25) is 6.79 Å². The van der Waals surface area contributed by atoms with E-state index in [2.05, 4.69) is 13.8 Å². The number of hydrogen-bond donors (Lipinski definition) is 0. The largest absolute Gasteiger partial charge is 0.454 e. The molecule has 0 unspecified atom stereocenters. The van der Waals surface area contributed by atoms with Gasteiger partial charge in [0.15, 0.2) is 11.5 Å². The average Bonchev–Trinajstić information content (AvgIpc) is 2.57. The summed E-state index contributed by atoms with van der Waals surface area (Å²) >= 11 is 6.19. The van der Waals surface area contributed by atoms with Gasteiger partial charge in [0.25, 0.3) is 0 Å². The maximum absolute atomic E-state index is 6.19. The summed E-state index contributed by atoms with van der Waals surface area (Å²) in [6.07, 6.45) is 0.968. The first-order chi connectivity index (χ1) is 6.68. The van der Waals surface area contributed by atoms with Gasteiger partial charge < -0.3 is 9.47 Å². The van der Waals surface area contributed by atoms with E-state index in [0.717, 1.165) is 17.7 Å². The third-order valence-electron chi connectivity index (χ3n) is 2.19. The Morgan fingerprint density at radius 2 is 2.14 bits per heavy atom. The maximum Gasteiger partial charge on any atom is 0.231 e.